The van der Waals surface area contributed by atoms with Gasteiger partial charge in [-0.25, -0.2) is 0 Å². The molecular formula is C14H33N3Zr. The summed E-state index contributed by atoms with van der Waals surface area (Å²) in [6, 6.07) is 0. The quantitative estimate of drug-likeness (QED) is 0.682. The Balaban J connectivity index is -0.000000106. The topological polar surface area (TPSA) is 42.3 Å². The van der Waals surface area contributed by atoms with Crippen LogP contribution in [0.1, 0.15) is 32.6 Å². The van der Waals surface area contributed by atoms with E-state index >= 15 is 0 Å². The van der Waals surface area contributed by atoms with Gasteiger partial charge in [-0.15, -0.1) is 6.54 Å². The number of nitrogens with zero attached hydrogens (tertiary/aromatic N) is 3. The Morgan fingerprint density at radius 2 is 1.39 bits per heavy atom. The molecule has 4 heteroatoms. The van der Waals surface area contributed by atoms with E-state index in [9.17, 15) is 0 Å². The maximum atomic E-state index is 4.13. The summed E-state index contributed by atoms with van der Waals surface area (Å²) >= 11 is 0. The van der Waals surface area contributed by atoms with Crippen LogP contribution in [0.4, 0.5) is 0 Å². The van der Waals surface area contributed by atoms with E-state index < -0.39 is 0 Å². The second-order valence-electron chi connectivity index (χ2n) is 4.39. The van der Waals surface area contributed by atoms with Crippen LogP contribution in [0.3, 0.4) is 0 Å². The Morgan fingerprint density at radius 1 is 0.944 bits per heavy atom. The molecule has 2 atom stereocenters. The van der Waals surface area contributed by atoms with Gasteiger partial charge in [0, 0.05) is 0 Å². The molecule has 0 aromatic carbocycles. The second-order valence-corrected chi connectivity index (χ2v) is 4.39. The minimum absolute atomic E-state index is 0. The van der Waals surface area contributed by atoms with Gasteiger partial charge in [0.05, 0.1) is 0 Å². The standard InChI is InChI=1S/C9H18N.2C2H6N.CH3.Zr/c1-8-4-3-5-9(8)6-7-10-2;2*1-3-2;;/h8-9H,3-7H2,1-2H3;2*1-2H3;1H3;/q4*-1;+4/t8-,9?;;;;/m0..../s1. The first-order chi connectivity index (χ1) is 7.67. The van der Waals surface area contributed by atoms with Gasteiger partial charge in [0.1, 0.15) is 0 Å². The van der Waals surface area contributed by atoms with Crippen molar-refractivity contribution in [2.24, 2.45) is 11.8 Å². The molecule has 1 aliphatic rings. The predicted octanol–water partition coefficient (Wildman–Crippen LogP) is 4.50. The summed E-state index contributed by atoms with van der Waals surface area (Å²) in [4.78, 5) is 0. The molecule has 1 aliphatic carbocycles. The number of rotatable bonds is 3. The van der Waals surface area contributed by atoms with Gasteiger partial charge in [-0.1, -0.05) is 32.6 Å². The van der Waals surface area contributed by atoms with Crippen LogP contribution in [0, 0.1) is 19.3 Å². The van der Waals surface area contributed by atoms with Gasteiger partial charge >= 0.3 is 26.2 Å². The van der Waals surface area contributed by atoms with Crippen LogP contribution >= 0.6 is 0 Å². The van der Waals surface area contributed by atoms with E-state index in [2.05, 4.69) is 22.9 Å². The summed E-state index contributed by atoms with van der Waals surface area (Å²) in [5.74, 6) is 1.96. The molecule has 0 radical (unpaired) electrons. The van der Waals surface area contributed by atoms with Gasteiger partial charge in [0.2, 0.25) is 0 Å². The normalized spacial score (nSPS) is 20.3. The Bertz CT molecular complexity index is 122. The summed E-state index contributed by atoms with van der Waals surface area (Å²) in [6.45, 7) is 3.46. The fourth-order valence-electron chi connectivity index (χ4n) is 1.95. The molecule has 0 aromatic heterocycles. The van der Waals surface area contributed by atoms with E-state index in [1.165, 1.54) is 25.7 Å². The minimum Gasteiger partial charge on any atom is -0.668 e. The molecule has 0 aliphatic heterocycles. The summed E-state index contributed by atoms with van der Waals surface area (Å²) in [6.07, 6.45) is 5.69. The molecule has 18 heavy (non-hydrogen) atoms. The fraction of sp³-hybridized carbons (Fsp3) is 0.929. The largest absolute Gasteiger partial charge is 4.00 e. The third kappa shape index (κ3) is 19.1. The summed E-state index contributed by atoms with van der Waals surface area (Å²) in [5.41, 5.74) is 0. The number of hydrogen-bond acceptors (Lipinski definition) is 0. The molecule has 1 saturated carbocycles. The van der Waals surface area contributed by atoms with Crippen LogP contribution in [-0.2, 0) is 26.2 Å². The monoisotopic (exact) mass is 333 g/mol. The zero-order valence-electron chi connectivity index (χ0n) is 13.5. The Labute approximate surface area is 135 Å². The van der Waals surface area contributed by atoms with Gasteiger partial charge in [0.25, 0.3) is 0 Å². The number of hydrogen-bond donors (Lipinski definition) is 0. The summed E-state index contributed by atoms with van der Waals surface area (Å²) in [5, 5.41) is 11.1. The average molecular weight is 335 g/mol. The van der Waals surface area contributed by atoms with Crippen molar-refractivity contribution in [1.82, 2.24) is 0 Å². The Morgan fingerprint density at radius 3 is 1.67 bits per heavy atom. The Kier molecular flexibility index (Phi) is 34.6. The van der Waals surface area contributed by atoms with E-state index in [1.807, 2.05) is 7.05 Å². The van der Waals surface area contributed by atoms with Crippen LogP contribution in [-0.4, -0.2) is 41.8 Å². The van der Waals surface area contributed by atoms with E-state index in [0.29, 0.717) is 0 Å². The van der Waals surface area contributed by atoms with E-state index in [4.69, 9.17) is 0 Å². The SMILES string of the molecule is C[N-]C.C[N-]C.C[N-]CCC1CCC[C@@H]1C.[CH3-].[Zr+4]. The van der Waals surface area contributed by atoms with Crippen LogP contribution in [0.15, 0.2) is 0 Å². The average Bonchev–Trinajstić information content (AvgIpc) is 2.63. The zero-order valence-corrected chi connectivity index (χ0v) is 16.0. The molecular weight excluding hydrogens is 301 g/mol. The van der Waals surface area contributed by atoms with Crippen molar-refractivity contribution in [1.29, 1.82) is 0 Å². The zero-order chi connectivity index (χ0) is 12.8. The summed E-state index contributed by atoms with van der Waals surface area (Å²) < 4.78 is 0. The third-order valence-electron chi connectivity index (χ3n) is 2.76. The fourth-order valence-corrected chi connectivity index (χ4v) is 1.95. The first kappa shape index (κ1) is 27.2. The molecule has 108 valence electrons. The molecule has 0 heterocycles. The van der Waals surface area contributed by atoms with Crippen LogP contribution in [0.2, 0.25) is 0 Å². The van der Waals surface area contributed by atoms with Gasteiger partial charge in [-0.2, -0.15) is 35.2 Å². The molecule has 0 N–H and O–H groups in total. The van der Waals surface area contributed by atoms with E-state index in [-0.39, 0.29) is 33.6 Å². The molecule has 0 saturated heterocycles. The second kappa shape index (κ2) is 22.9. The molecule has 0 bridgehead atoms. The maximum absolute atomic E-state index is 4.13. The van der Waals surface area contributed by atoms with E-state index in [0.717, 1.165) is 18.4 Å². The van der Waals surface area contributed by atoms with Crippen LogP contribution < -0.4 is 0 Å². The molecule has 1 rings (SSSR count). The van der Waals surface area contributed by atoms with Gasteiger partial charge in [0.15, 0.2) is 0 Å². The van der Waals surface area contributed by atoms with Crippen molar-refractivity contribution >= 4 is 0 Å². The maximum Gasteiger partial charge on any atom is 4.00 e. The molecule has 0 amide bonds. The van der Waals surface area contributed by atoms with Crippen molar-refractivity contribution in [2.45, 2.75) is 32.6 Å². The predicted molar refractivity (Wildman–Crippen MR) is 82.1 cm³/mol. The van der Waals surface area contributed by atoms with Crippen molar-refractivity contribution in [3.05, 3.63) is 23.4 Å². The van der Waals surface area contributed by atoms with E-state index in [1.54, 1.807) is 28.2 Å². The molecule has 0 aromatic rings. The van der Waals surface area contributed by atoms with Crippen molar-refractivity contribution in [3.63, 3.8) is 0 Å². The summed E-state index contributed by atoms with van der Waals surface area (Å²) in [7, 11) is 8.92. The smallest absolute Gasteiger partial charge is 0.668 e. The molecule has 3 nitrogen and oxygen atoms in total. The first-order valence-corrected chi connectivity index (χ1v) is 6.19. The van der Waals surface area contributed by atoms with Crippen molar-refractivity contribution in [3.8, 4) is 0 Å². The Hall–Kier alpha value is 0.763. The van der Waals surface area contributed by atoms with Gasteiger partial charge in [-0.05, 0) is 11.8 Å². The first-order valence-electron chi connectivity index (χ1n) is 6.19. The van der Waals surface area contributed by atoms with Crippen molar-refractivity contribution < 1.29 is 26.2 Å². The molecule has 0 spiro atoms. The van der Waals surface area contributed by atoms with Gasteiger partial charge < -0.3 is 23.4 Å². The van der Waals surface area contributed by atoms with Crippen LogP contribution in [0.5, 0.6) is 0 Å². The molecule has 1 unspecified atom stereocenters. The van der Waals surface area contributed by atoms with Crippen LogP contribution in [0.25, 0.3) is 16.0 Å². The van der Waals surface area contributed by atoms with Gasteiger partial charge in [-0.3, -0.25) is 0 Å². The molecule has 1 fully saturated rings. The minimum atomic E-state index is 0. The third-order valence-corrected chi connectivity index (χ3v) is 2.76. The van der Waals surface area contributed by atoms with Crippen molar-refractivity contribution in [2.75, 3.05) is 41.8 Å².